The summed E-state index contributed by atoms with van der Waals surface area (Å²) in [5.74, 6) is -2.26. The molecule has 2 aromatic rings. The van der Waals surface area contributed by atoms with Gasteiger partial charge in [0.25, 0.3) is 5.91 Å². The number of ether oxygens (including phenoxy) is 1. The van der Waals surface area contributed by atoms with Crippen molar-refractivity contribution in [1.29, 1.82) is 0 Å². The predicted octanol–water partition coefficient (Wildman–Crippen LogP) is 1.81. The first-order valence-electron chi connectivity index (χ1n) is 13.1. The summed E-state index contributed by atoms with van der Waals surface area (Å²) in [5, 5.41) is 5.67. The first kappa shape index (κ1) is 28.7. The minimum atomic E-state index is -3.87. The average molecular weight is 558 g/mol. The maximum Gasteiger partial charge on any atom is 0.325 e. The number of carbonyl (C=O) groups is 3. The van der Waals surface area contributed by atoms with E-state index >= 15 is 0 Å². The number of benzene rings is 1. The number of cyclic esters (lactones) is 1. The molecule has 0 saturated carbocycles. The molecule has 0 radical (unpaired) electrons. The lowest BCUT2D eigenvalue weighted by Crippen LogP contribution is -2.61. The van der Waals surface area contributed by atoms with Gasteiger partial charge in [0, 0.05) is 18.1 Å². The van der Waals surface area contributed by atoms with E-state index in [1.807, 2.05) is 24.3 Å². The van der Waals surface area contributed by atoms with Crippen molar-refractivity contribution in [2.75, 3.05) is 12.3 Å². The van der Waals surface area contributed by atoms with Gasteiger partial charge >= 0.3 is 5.97 Å². The van der Waals surface area contributed by atoms with Gasteiger partial charge in [-0.15, -0.1) is 0 Å². The van der Waals surface area contributed by atoms with Crippen LogP contribution in [-0.4, -0.2) is 66.6 Å². The van der Waals surface area contributed by atoms with Crippen LogP contribution in [0, 0.1) is 5.92 Å². The van der Waals surface area contributed by atoms with Crippen LogP contribution in [0.4, 0.5) is 0 Å². The fourth-order valence-corrected chi connectivity index (χ4v) is 5.80. The van der Waals surface area contributed by atoms with E-state index in [0.29, 0.717) is 25.1 Å². The van der Waals surface area contributed by atoms with Gasteiger partial charge in [-0.25, -0.2) is 18.6 Å². The van der Waals surface area contributed by atoms with Gasteiger partial charge in [0.05, 0.1) is 11.4 Å². The Morgan fingerprint density at radius 1 is 1.10 bits per heavy atom. The van der Waals surface area contributed by atoms with Crippen LogP contribution in [0.3, 0.4) is 0 Å². The number of rotatable bonds is 1. The second kappa shape index (κ2) is 11.8. The number of carbonyl (C=O) groups excluding carboxylic acids is 3. The minimum Gasteiger partial charge on any atom is -0.457 e. The van der Waals surface area contributed by atoms with Crippen LogP contribution < -0.4 is 15.5 Å². The number of esters is 1. The van der Waals surface area contributed by atoms with Gasteiger partial charge in [0.1, 0.15) is 24.2 Å². The van der Waals surface area contributed by atoms with Gasteiger partial charge in [-0.3, -0.25) is 24.4 Å². The molecule has 1 fully saturated rings. The summed E-state index contributed by atoms with van der Waals surface area (Å²) in [6.45, 7) is 7.09. The fourth-order valence-electron chi connectivity index (χ4n) is 4.59. The summed E-state index contributed by atoms with van der Waals surface area (Å²) in [6, 6.07) is 4.72. The monoisotopic (exact) mass is 557 g/mol. The molecular weight excluding hydrogens is 522 g/mol. The number of hydrogen-bond acceptors (Lipinski definition) is 8. The van der Waals surface area contributed by atoms with E-state index in [-0.39, 0.29) is 11.7 Å². The lowest BCUT2D eigenvalue weighted by molar-refractivity contribution is -0.157. The smallest absolute Gasteiger partial charge is 0.325 e. The van der Waals surface area contributed by atoms with Gasteiger partial charge in [0.2, 0.25) is 15.9 Å². The number of aromatic nitrogens is 1. The summed E-state index contributed by atoms with van der Waals surface area (Å²) < 4.78 is 33.8. The van der Waals surface area contributed by atoms with Crippen molar-refractivity contribution in [3.8, 4) is 0 Å². The van der Waals surface area contributed by atoms with Crippen molar-refractivity contribution in [2.24, 2.45) is 5.92 Å². The number of nitrogens with zero attached hydrogens (tertiary/aromatic N) is 2. The fraction of sp³-hybridized carbons (Fsp3) is 0.481. The van der Waals surface area contributed by atoms with Crippen molar-refractivity contribution in [3.63, 3.8) is 0 Å². The molecule has 4 rings (SSSR count). The molecule has 4 unspecified atom stereocenters. The van der Waals surface area contributed by atoms with E-state index in [9.17, 15) is 22.8 Å². The summed E-state index contributed by atoms with van der Waals surface area (Å²) in [7, 11) is -3.87. The summed E-state index contributed by atoms with van der Waals surface area (Å²) in [5.41, 5.74) is 4.28. The minimum absolute atomic E-state index is 0.353. The number of hydrogen-bond donors (Lipinski definition) is 3. The highest BCUT2D eigenvalue weighted by Gasteiger charge is 2.34. The number of nitrogens with one attached hydrogen (secondary N) is 3. The Balaban J connectivity index is 1.68. The number of pyridine rings is 1. The van der Waals surface area contributed by atoms with E-state index in [0.717, 1.165) is 16.3 Å². The molecule has 2 aliphatic rings. The normalized spacial score (nSPS) is 26.9. The van der Waals surface area contributed by atoms with E-state index in [1.165, 1.54) is 18.0 Å². The van der Waals surface area contributed by atoms with Crippen molar-refractivity contribution in [3.05, 3.63) is 47.8 Å². The predicted molar refractivity (Wildman–Crippen MR) is 146 cm³/mol. The molecule has 11 nitrogen and oxygen atoms in total. The van der Waals surface area contributed by atoms with Crippen LogP contribution >= 0.6 is 0 Å². The lowest BCUT2D eigenvalue weighted by Gasteiger charge is -2.35. The van der Waals surface area contributed by atoms with E-state index in [1.54, 1.807) is 33.0 Å². The van der Waals surface area contributed by atoms with Crippen LogP contribution in [-0.2, 0) is 29.1 Å². The van der Waals surface area contributed by atoms with Gasteiger partial charge in [-0.05, 0) is 61.8 Å². The van der Waals surface area contributed by atoms with Gasteiger partial charge in [-0.2, -0.15) is 0 Å². The third-order valence-corrected chi connectivity index (χ3v) is 8.10. The number of sulfonamides is 1. The van der Waals surface area contributed by atoms with E-state index < -0.39 is 52.0 Å². The Morgan fingerprint density at radius 2 is 1.87 bits per heavy atom. The first-order chi connectivity index (χ1) is 18.4. The summed E-state index contributed by atoms with van der Waals surface area (Å²) in [4.78, 5) is 43.5. The van der Waals surface area contributed by atoms with Crippen LogP contribution in [0.25, 0.3) is 16.8 Å². The van der Waals surface area contributed by atoms with E-state index in [2.05, 4.69) is 20.4 Å². The zero-order chi connectivity index (χ0) is 28.3. The maximum absolute atomic E-state index is 13.1. The molecule has 3 N–H and O–H groups in total. The summed E-state index contributed by atoms with van der Waals surface area (Å²) >= 11 is 0. The molecule has 2 aliphatic heterocycles. The third-order valence-electron chi connectivity index (χ3n) is 6.86. The molecule has 0 spiro atoms. The highest BCUT2D eigenvalue weighted by molar-refractivity contribution is 7.89. The molecule has 39 heavy (non-hydrogen) atoms. The molecular formula is C27H35N5O6S. The largest absolute Gasteiger partial charge is 0.457 e. The van der Waals surface area contributed by atoms with Crippen molar-refractivity contribution in [1.82, 2.24) is 25.5 Å². The molecule has 1 aromatic carbocycles. The maximum atomic E-state index is 13.1. The molecule has 210 valence electrons. The Bertz CT molecular complexity index is 1390. The van der Waals surface area contributed by atoms with Crippen molar-refractivity contribution >= 4 is 44.7 Å². The highest BCUT2D eigenvalue weighted by Crippen LogP contribution is 2.24. The number of amides is 2. The van der Waals surface area contributed by atoms with Crippen molar-refractivity contribution in [2.45, 2.75) is 64.8 Å². The number of fused-ring (bicyclic) bond motifs is 4. The standard InChI is InChI=1S/C27H35N5O6S/c1-16(2)24-25(33)29-17(3)26(34)32-11-5-8-23(30-32)27(35)38-18(4)19-9-10-20-15-28-22(14-21(20)13-19)7-6-12-39(36,37)31-24/h6-7,9-10,13-18,23-24,30-31H,5,8,11-12H2,1-4H3,(H,29,33). The first-order valence-corrected chi connectivity index (χ1v) is 14.7. The Kier molecular flexibility index (Phi) is 8.67. The molecule has 3 heterocycles. The molecule has 1 saturated heterocycles. The number of hydrazine groups is 1. The highest BCUT2D eigenvalue weighted by atomic mass is 32.2. The second-order valence-electron chi connectivity index (χ2n) is 10.4. The molecule has 1 aromatic heterocycles. The van der Waals surface area contributed by atoms with Gasteiger partial charge < -0.3 is 10.1 Å². The van der Waals surface area contributed by atoms with Gasteiger partial charge in [-0.1, -0.05) is 32.1 Å². The SMILES string of the molecule is CC1NC(=O)C(C(C)C)NS(=O)(=O)CC=Cc2cc3cc(ccc3cn2)C(C)OC(=O)C2CCCN(N2)C1=O. The third kappa shape index (κ3) is 7.00. The van der Waals surface area contributed by atoms with E-state index in [4.69, 9.17) is 4.74 Å². The van der Waals surface area contributed by atoms with Crippen LogP contribution in [0.2, 0.25) is 0 Å². The average Bonchev–Trinajstić information content (AvgIpc) is 2.90. The second-order valence-corrected chi connectivity index (χ2v) is 12.2. The molecule has 5 bridgehead atoms. The molecule has 12 heteroatoms. The van der Waals surface area contributed by atoms with Crippen molar-refractivity contribution < 1.29 is 27.5 Å². The molecule has 4 atom stereocenters. The zero-order valence-corrected chi connectivity index (χ0v) is 23.3. The topological polar surface area (TPSA) is 147 Å². The van der Waals surface area contributed by atoms with Gasteiger partial charge in [0.15, 0.2) is 0 Å². The summed E-state index contributed by atoms with van der Waals surface area (Å²) in [6.07, 6.45) is 5.28. The van der Waals surface area contributed by atoms with Crippen LogP contribution in [0.1, 0.15) is 57.9 Å². The molecule has 2 amide bonds. The quantitative estimate of drug-likeness (QED) is 0.450. The Hall–Kier alpha value is -3.35. The lowest BCUT2D eigenvalue weighted by atomic mass is 10.0. The zero-order valence-electron chi connectivity index (χ0n) is 22.5. The van der Waals surface area contributed by atoms with Crippen LogP contribution in [0.5, 0.6) is 0 Å². The Morgan fingerprint density at radius 3 is 2.62 bits per heavy atom. The Labute approximate surface area is 228 Å². The van der Waals surface area contributed by atoms with Crippen LogP contribution in [0.15, 0.2) is 36.5 Å². The molecule has 0 aliphatic carbocycles.